The van der Waals surface area contributed by atoms with E-state index in [4.69, 9.17) is 16.6 Å². The maximum atomic E-state index is 13.2. The van der Waals surface area contributed by atoms with Crippen LogP contribution in [0.5, 0.6) is 0 Å². The molecule has 0 atom stereocenters. The van der Waals surface area contributed by atoms with E-state index in [9.17, 15) is 9.59 Å². The molecule has 1 aliphatic rings. The number of hydrogen-bond acceptors (Lipinski definition) is 5. The summed E-state index contributed by atoms with van der Waals surface area (Å²) in [5.41, 5.74) is 3.58. The van der Waals surface area contributed by atoms with E-state index in [0.29, 0.717) is 24.3 Å². The van der Waals surface area contributed by atoms with Crippen molar-refractivity contribution in [1.82, 2.24) is 23.6 Å². The van der Waals surface area contributed by atoms with Crippen LogP contribution in [0.2, 0.25) is 5.02 Å². The van der Waals surface area contributed by atoms with Crippen molar-refractivity contribution in [3.05, 3.63) is 91.3 Å². The Kier molecular flexibility index (Phi) is 6.25. The van der Waals surface area contributed by atoms with E-state index in [2.05, 4.69) is 41.0 Å². The first-order valence-electron chi connectivity index (χ1n) is 11.8. The standard InChI is InChI=1S/C26H29ClN6O2/c1-18-6-4-7-19(14-18)16-33-22(28-24-23(33)25(34)30(3)26(35)29(24)2)17-31-10-12-32(13-11-31)21-9-5-8-20(27)15-21/h4-9,14-15H,10-13,16-17H2,1-3H3. The summed E-state index contributed by atoms with van der Waals surface area (Å²) < 4.78 is 4.60. The van der Waals surface area contributed by atoms with Gasteiger partial charge in [-0.15, -0.1) is 0 Å². The average Bonchev–Trinajstić information content (AvgIpc) is 3.19. The number of benzene rings is 2. The zero-order valence-electron chi connectivity index (χ0n) is 20.2. The highest BCUT2D eigenvalue weighted by molar-refractivity contribution is 6.30. The fourth-order valence-corrected chi connectivity index (χ4v) is 5.00. The molecule has 2 aromatic heterocycles. The Bertz CT molecular complexity index is 1510. The molecule has 1 saturated heterocycles. The minimum Gasteiger partial charge on any atom is -0.369 e. The molecule has 35 heavy (non-hydrogen) atoms. The van der Waals surface area contributed by atoms with Crippen molar-refractivity contribution in [2.45, 2.75) is 20.0 Å². The maximum Gasteiger partial charge on any atom is 0.332 e. The largest absolute Gasteiger partial charge is 0.369 e. The van der Waals surface area contributed by atoms with Crippen molar-refractivity contribution in [3.63, 3.8) is 0 Å². The molecule has 0 bridgehead atoms. The number of rotatable bonds is 5. The van der Waals surface area contributed by atoms with Crippen LogP contribution in [-0.2, 0) is 27.2 Å². The van der Waals surface area contributed by atoms with Gasteiger partial charge in [0, 0.05) is 57.5 Å². The van der Waals surface area contributed by atoms with E-state index < -0.39 is 0 Å². The van der Waals surface area contributed by atoms with Crippen LogP contribution in [0.25, 0.3) is 11.2 Å². The lowest BCUT2D eigenvalue weighted by Crippen LogP contribution is -2.46. The van der Waals surface area contributed by atoms with Crippen molar-refractivity contribution in [3.8, 4) is 0 Å². The first kappa shape index (κ1) is 23.4. The molecule has 0 saturated carbocycles. The highest BCUT2D eigenvalue weighted by atomic mass is 35.5. The van der Waals surface area contributed by atoms with Gasteiger partial charge in [-0.25, -0.2) is 9.78 Å². The lowest BCUT2D eigenvalue weighted by atomic mass is 10.1. The van der Waals surface area contributed by atoms with Crippen LogP contribution < -0.4 is 16.1 Å². The normalized spacial score (nSPS) is 14.7. The van der Waals surface area contributed by atoms with Crippen LogP contribution >= 0.6 is 11.6 Å². The fourth-order valence-electron chi connectivity index (χ4n) is 4.81. The van der Waals surface area contributed by atoms with Crippen LogP contribution in [-0.4, -0.2) is 49.8 Å². The summed E-state index contributed by atoms with van der Waals surface area (Å²) in [4.78, 5) is 35.2. The summed E-state index contributed by atoms with van der Waals surface area (Å²) >= 11 is 6.18. The van der Waals surface area contributed by atoms with Crippen LogP contribution in [0, 0.1) is 6.92 Å². The molecule has 4 aromatic rings. The molecule has 0 radical (unpaired) electrons. The van der Waals surface area contributed by atoms with Crippen molar-refractivity contribution >= 4 is 28.5 Å². The Morgan fingerprint density at radius 2 is 1.66 bits per heavy atom. The average molecular weight is 493 g/mol. The van der Waals surface area contributed by atoms with Gasteiger partial charge >= 0.3 is 5.69 Å². The van der Waals surface area contributed by atoms with Crippen LogP contribution in [0.3, 0.4) is 0 Å². The monoisotopic (exact) mass is 492 g/mol. The molecule has 1 aliphatic heterocycles. The maximum absolute atomic E-state index is 13.2. The van der Waals surface area contributed by atoms with E-state index in [0.717, 1.165) is 58.4 Å². The van der Waals surface area contributed by atoms with Gasteiger partial charge in [-0.2, -0.15) is 0 Å². The molecule has 2 aromatic carbocycles. The van der Waals surface area contributed by atoms with Crippen LogP contribution in [0.4, 0.5) is 5.69 Å². The number of hydrogen-bond donors (Lipinski definition) is 0. The summed E-state index contributed by atoms with van der Waals surface area (Å²) in [6, 6.07) is 16.2. The van der Waals surface area contributed by atoms with Gasteiger partial charge in [0.15, 0.2) is 11.2 Å². The molecule has 1 fully saturated rings. The Hall–Kier alpha value is -3.36. The second-order valence-electron chi connectivity index (χ2n) is 9.22. The third kappa shape index (κ3) is 4.51. The summed E-state index contributed by atoms with van der Waals surface area (Å²) in [6.07, 6.45) is 0. The summed E-state index contributed by atoms with van der Waals surface area (Å²) in [5.74, 6) is 0.788. The van der Waals surface area contributed by atoms with Crippen LogP contribution in [0.1, 0.15) is 17.0 Å². The van der Waals surface area contributed by atoms with Crippen molar-refractivity contribution in [2.75, 3.05) is 31.1 Å². The Morgan fingerprint density at radius 1 is 0.914 bits per heavy atom. The van der Waals surface area contributed by atoms with Gasteiger partial charge in [0.25, 0.3) is 5.56 Å². The number of aromatic nitrogens is 4. The molecular formula is C26H29ClN6O2. The molecule has 0 N–H and O–H groups in total. The number of aryl methyl sites for hydroxylation is 2. The second-order valence-corrected chi connectivity index (χ2v) is 9.66. The molecule has 0 spiro atoms. The summed E-state index contributed by atoms with van der Waals surface area (Å²) in [7, 11) is 3.19. The van der Waals surface area contributed by atoms with Gasteiger partial charge in [-0.1, -0.05) is 47.5 Å². The molecule has 9 heteroatoms. The highest BCUT2D eigenvalue weighted by Crippen LogP contribution is 2.22. The molecule has 182 valence electrons. The Labute approximate surface area is 208 Å². The molecule has 0 amide bonds. The summed E-state index contributed by atoms with van der Waals surface area (Å²) in [6.45, 7) is 6.63. The van der Waals surface area contributed by atoms with Crippen molar-refractivity contribution < 1.29 is 0 Å². The van der Waals surface area contributed by atoms with Gasteiger partial charge < -0.3 is 9.47 Å². The van der Waals surface area contributed by atoms with E-state index >= 15 is 0 Å². The molecule has 0 unspecified atom stereocenters. The highest BCUT2D eigenvalue weighted by Gasteiger charge is 2.23. The Balaban J connectivity index is 1.47. The molecular weight excluding hydrogens is 464 g/mol. The minimum atomic E-state index is -0.371. The predicted molar refractivity (Wildman–Crippen MR) is 139 cm³/mol. The number of anilines is 1. The SMILES string of the molecule is Cc1cccc(Cn2c(CN3CCN(c4cccc(Cl)c4)CC3)nc3c2c(=O)n(C)c(=O)n3C)c1. The quantitative estimate of drug-likeness (QED) is 0.428. The van der Waals surface area contributed by atoms with Gasteiger partial charge in [0.1, 0.15) is 5.82 Å². The third-order valence-corrected chi connectivity index (χ3v) is 7.00. The molecule has 5 rings (SSSR count). The minimum absolute atomic E-state index is 0.319. The number of fused-ring (bicyclic) bond motifs is 1. The predicted octanol–water partition coefficient (Wildman–Crippen LogP) is 2.77. The Morgan fingerprint density at radius 3 is 2.37 bits per heavy atom. The van der Waals surface area contributed by atoms with E-state index in [1.54, 1.807) is 7.05 Å². The topological polar surface area (TPSA) is 68.3 Å². The second kappa shape index (κ2) is 9.36. The van der Waals surface area contributed by atoms with E-state index in [1.165, 1.54) is 11.6 Å². The molecule has 8 nitrogen and oxygen atoms in total. The van der Waals surface area contributed by atoms with E-state index in [-0.39, 0.29) is 11.2 Å². The summed E-state index contributed by atoms with van der Waals surface area (Å²) in [5, 5.41) is 0.738. The van der Waals surface area contributed by atoms with E-state index in [1.807, 2.05) is 28.8 Å². The fraction of sp³-hybridized carbons (Fsp3) is 0.346. The molecule has 3 heterocycles. The van der Waals surface area contributed by atoms with Gasteiger partial charge in [0.2, 0.25) is 0 Å². The number of piperazine rings is 1. The zero-order chi connectivity index (χ0) is 24.7. The third-order valence-electron chi connectivity index (χ3n) is 6.76. The first-order chi connectivity index (χ1) is 16.8. The van der Waals surface area contributed by atoms with Crippen LogP contribution in [0.15, 0.2) is 58.1 Å². The van der Waals surface area contributed by atoms with Gasteiger partial charge in [0.05, 0.1) is 6.54 Å². The zero-order valence-corrected chi connectivity index (χ0v) is 21.0. The van der Waals surface area contributed by atoms with Gasteiger partial charge in [-0.3, -0.25) is 18.8 Å². The lowest BCUT2D eigenvalue weighted by molar-refractivity contribution is 0.241. The number of nitrogens with zero attached hydrogens (tertiary/aromatic N) is 6. The van der Waals surface area contributed by atoms with Gasteiger partial charge in [-0.05, 0) is 30.7 Å². The smallest absolute Gasteiger partial charge is 0.332 e. The van der Waals surface area contributed by atoms with Crippen molar-refractivity contribution in [2.24, 2.45) is 14.1 Å². The first-order valence-corrected chi connectivity index (χ1v) is 12.1. The van der Waals surface area contributed by atoms with Crippen molar-refractivity contribution in [1.29, 1.82) is 0 Å². The number of imidazole rings is 1. The lowest BCUT2D eigenvalue weighted by Gasteiger charge is -2.36. The molecule has 0 aliphatic carbocycles. The number of halogens is 1.